The molecule has 29 heavy (non-hydrogen) atoms. The predicted molar refractivity (Wildman–Crippen MR) is 110 cm³/mol. The summed E-state index contributed by atoms with van der Waals surface area (Å²) in [4.78, 5) is 13.3. The van der Waals surface area contributed by atoms with Crippen molar-refractivity contribution < 1.29 is 18.0 Å². The first-order valence-corrected chi connectivity index (χ1v) is 10.2. The largest absolute Gasteiger partial charge is 0.416 e. The van der Waals surface area contributed by atoms with Crippen LogP contribution < -0.4 is 11.5 Å². The summed E-state index contributed by atoms with van der Waals surface area (Å²) in [6.45, 7) is 0.196. The smallest absolute Gasteiger partial charge is 0.365 e. The number of primary amides is 1. The number of nitrogens with two attached hydrogens (primary N) is 2. The Labute approximate surface area is 177 Å². The highest BCUT2D eigenvalue weighted by Crippen LogP contribution is 2.44. The van der Waals surface area contributed by atoms with E-state index in [1.807, 2.05) is 6.07 Å². The Morgan fingerprint density at radius 2 is 1.93 bits per heavy atom. The summed E-state index contributed by atoms with van der Waals surface area (Å²) in [5.41, 5.74) is 13.0. The van der Waals surface area contributed by atoms with Crippen LogP contribution in [0.25, 0.3) is 10.6 Å². The molecule has 0 unspecified atom stereocenters. The number of nitrogens with zero attached hydrogens (tertiary/aromatic N) is 2. The van der Waals surface area contributed by atoms with Crippen molar-refractivity contribution >= 4 is 33.2 Å². The van der Waals surface area contributed by atoms with E-state index in [9.17, 15) is 18.0 Å². The number of rotatable bonds is 6. The number of thiophene rings is 1. The lowest BCUT2D eigenvalue weighted by Gasteiger charge is -2.17. The van der Waals surface area contributed by atoms with Gasteiger partial charge < -0.3 is 11.5 Å². The number of aryl methyl sites for hydroxylation is 1. The molecule has 0 saturated heterocycles. The molecule has 10 heteroatoms. The Hall–Kier alpha value is -2.17. The molecule has 0 fully saturated rings. The van der Waals surface area contributed by atoms with Crippen LogP contribution in [0.3, 0.4) is 0 Å². The molecule has 0 aliphatic carbocycles. The number of carbonyl (C=O) groups excluding carboxylic acids is 1. The molecule has 0 aliphatic rings. The average molecular weight is 487 g/mol. The molecule has 1 atom stereocenters. The molecule has 154 valence electrons. The van der Waals surface area contributed by atoms with Crippen molar-refractivity contribution in [3.8, 4) is 10.6 Å². The molecule has 5 nitrogen and oxygen atoms in total. The van der Waals surface area contributed by atoms with Crippen LogP contribution in [0.4, 0.5) is 13.2 Å². The Kier molecular flexibility index (Phi) is 6.16. The summed E-state index contributed by atoms with van der Waals surface area (Å²) in [5, 5.41) is 4.15. The predicted octanol–water partition coefficient (Wildman–Crippen LogP) is 4.31. The number of amides is 1. The average Bonchev–Trinajstić information content (AvgIpc) is 3.22. The first-order chi connectivity index (χ1) is 13.6. The fraction of sp³-hybridized carbons (Fsp3) is 0.263. The molecule has 0 saturated carbocycles. The summed E-state index contributed by atoms with van der Waals surface area (Å²) in [6, 6.07) is 6.76. The lowest BCUT2D eigenvalue weighted by atomic mass is 9.91. The van der Waals surface area contributed by atoms with Crippen molar-refractivity contribution in [2.75, 3.05) is 6.54 Å². The van der Waals surface area contributed by atoms with Gasteiger partial charge in [0.1, 0.15) is 0 Å². The number of halogens is 4. The number of aromatic nitrogens is 2. The maximum absolute atomic E-state index is 12.8. The van der Waals surface area contributed by atoms with Crippen LogP contribution in [-0.2, 0) is 19.6 Å². The van der Waals surface area contributed by atoms with Gasteiger partial charge in [-0.15, -0.1) is 11.3 Å². The summed E-state index contributed by atoms with van der Waals surface area (Å²) >= 11 is 4.82. The second-order valence-electron chi connectivity index (χ2n) is 6.52. The highest BCUT2D eigenvalue weighted by atomic mass is 79.9. The minimum atomic E-state index is -4.39. The summed E-state index contributed by atoms with van der Waals surface area (Å²) < 4.78 is 40.8. The highest BCUT2D eigenvalue weighted by molar-refractivity contribution is 9.10. The van der Waals surface area contributed by atoms with Gasteiger partial charge in [0.25, 0.3) is 5.91 Å². The van der Waals surface area contributed by atoms with Gasteiger partial charge in [-0.05, 0) is 58.2 Å². The molecule has 2 heterocycles. The zero-order valence-corrected chi connectivity index (χ0v) is 17.7. The van der Waals surface area contributed by atoms with Crippen molar-refractivity contribution in [2.45, 2.75) is 18.5 Å². The van der Waals surface area contributed by atoms with Gasteiger partial charge in [0.2, 0.25) is 0 Å². The number of hydrogen-bond acceptors (Lipinski definition) is 4. The highest BCUT2D eigenvalue weighted by Gasteiger charge is 2.31. The van der Waals surface area contributed by atoms with Crippen molar-refractivity contribution in [1.82, 2.24) is 9.78 Å². The summed E-state index contributed by atoms with van der Waals surface area (Å²) in [7, 11) is 1.79. The van der Waals surface area contributed by atoms with Crippen LogP contribution in [0, 0.1) is 0 Å². The molecule has 0 bridgehead atoms. The zero-order chi connectivity index (χ0) is 21.3. The molecule has 1 aromatic carbocycles. The standard InChI is InChI=1S/C19H18BrF3N4OS/c1-27-13(6-7-26-27)16-15(20)14(17(29-16)18(25)28)11(9-24)8-10-2-4-12(5-3-10)19(21,22)23/h2-7,11H,8-9,24H2,1H3,(H2,25,28)/t11-/m1/s1. The van der Waals surface area contributed by atoms with Crippen LogP contribution >= 0.6 is 27.3 Å². The minimum absolute atomic E-state index is 0.196. The zero-order valence-electron chi connectivity index (χ0n) is 15.3. The van der Waals surface area contributed by atoms with E-state index >= 15 is 0 Å². The molecule has 3 aromatic rings. The van der Waals surface area contributed by atoms with E-state index in [1.54, 1.807) is 17.9 Å². The van der Waals surface area contributed by atoms with Gasteiger partial charge in [0.15, 0.2) is 0 Å². The first kappa shape index (κ1) is 21.5. The monoisotopic (exact) mass is 486 g/mol. The van der Waals surface area contributed by atoms with Gasteiger partial charge in [-0.2, -0.15) is 18.3 Å². The first-order valence-electron chi connectivity index (χ1n) is 8.60. The maximum Gasteiger partial charge on any atom is 0.416 e. The molecule has 3 rings (SSSR count). The Bertz CT molecular complexity index is 1030. The van der Waals surface area contributed by atoms with Crippen LogP contribution in [0.5, 0.6) is 0 Å². The molecule has 0 aliphatic heterocycles. The van der Waals surface area contributed by atoms with E-state index in [0.717, 1.165) is 22.7 Å². The topological polar surface area (TPSA) is 86.9 Å². The number of benzene rings is 1. The minimum Gasteiger partial charge on any atom is -0.365 e. The third-order valence-corrected chi connectivity index (χ3v) is 6.95. The maximum atomic E-state index is 12.8. The third-order valence-electron chi connectivity index (χ3n) is 4.62. The third kappa shape index (κ3) is 4.39. The lowest BCUT2D eigenvalue weighted by Crippen LogP contribution is -2.19. The summed E-state index contributed by atoms with van der Waals surface area (Å²) in [5.74, 6) is -0.883. The van der Waals surface area contributed by atoms with Crippen molar-refractivity contribution in [1.29, 1.82) is 0 Å². The van der Waals surface area contributed by atoms with E-state index in [2.05, 4.69) is 21.0 Å². The number of alkyl halides is 3. The van der Waals surface area contributed by atoms with Crippen LogP contribution in [0.2, 0.25) is 0 Å². The van der Waals surface area contributed by atoms with E-state index in [-0.39, 0.29) is 12.5 Å². The van der Waals surface area contributed by atoms with Crippen molar-refractivity contribution in [3.05, 3.63) is 62.6 Å². The van der Waals surface area contributed by atoms with Crippen LogP contribution in [0.1, 0.15) is 32.3 Å². The second kappa shape index (κ2) is 8.29. The van der Waals surface area contributed by atoms with Crippen LogP contribution in [-0.4, -0.2) is 22.2 Å². The number of hydrogen-bond donors (Lipinski definition) is 2. The normalized spacial score (nSPS) is 12.9. The van der Waals surface area contributed by atoms with Crippen molar-refractivity contribution in [3.63, 3.8) is 0 Å². The Balaban J connectivity index is 2.00. The Morgan fingerprint density at radius 3 is 2.41 bits per heavy atom. The van der Waals surface area contributed by atoms with E-state index in [0.29, 0.717) is 26.9 Å². The Morgan fingerprint density at radius 1 is 1.28 bits per heavy atom. The molecule has 2 aromatic heterocycles. The summed E-state index contributed by atoms with van der Waals surface area (Å²) in [6.07, 6.45) is -2.37. The molecule has 1 amide bonds. The molecular weight excluding hydrogens is 469 g/mol. The second-order valence-corrected chi connectivity index (χ2v) is 8.34. The van der Waals surface area contributed by atoms with Crippen LogP contribution in [0.15, 0.2) is 41.0 Å². The SMILES string of the molecule is Cn1nccc1-c1sc(C(N)=O)c([C@@H](CN)Cc2ccc(C(F)(F)F)cc2)c1Br. The molecule has 0 radical (unpaired) electrons. The van der Waals surface area contributed by atoms with Gasteiger partial charge in [-0.25, -0.2) is 0 Å². The molecule has 4 N–H and O–H groups in total. The quantitative estimate of drug-likeness (QED) is 0.543. The van der Waals surface area contributed by atoms with Gasteiger partial charge in [-0.1, -0.05) is 12.1 Å². The van der Waals surface area contributed by atoms with Crippen molar-refractivity contribution in [2.24, 2.45) is 18.5 Å². The van der Waals surface area contributed by atoms with E-state index in [1.165, 1.54) is 23.5 Å². The van der Waals surface area contributed by atoms with E-state index in [4.69, 9.17) is 11.5 Å². The van der Waals surface area contributed by atoms with Gasteiger partial charge in [0, 0.05) is 23.6 Å². The van der Waals surface area contributed by atoms with Gasteiger partial charge in [-0.3, -0.25) is 9.48 Å². The van der Waals surface area contributed by atoms with Gasteiger partial charge >= 0.3 is 6.18 Å². The molecular formula is C19H18BrF3N4OS. The van der Waals surface area contributed by atoms with Gasteiger partial charge in [0.05, 0.1) is 21.0 Å². The fourth-order valence-electron chi connectivity index (χ4n) is 3.15. The lowest BCUT2D eigenvalue weighted by molar-refractivity contribution is -0.137. The molecule has 0 spiro atoms. The number of carbonyl (C=O) groups is 1. The fourth-order valence-corrected chi connectivity index (χ4v) is 5.44. The van der Waals surface area contributed by atoms with E-state index < -0.39 is 17.6 Å².